The Labute approximate surface area is 208 Å². The summed E-state index contributed by atoms with van der Waals surface area (Å²) in [5, 5.41) is 2.52. The summed E-state index contributed by atoms with van der Waals surface area (Å²) in [6.45, 7) is 6.70. The van der Waals surface area contributed by atoms with E-state index in [1.165, 1.54) is 38.6 Å². The molecule has 0 saturated carbocycles. The van der Waals surface area contributed by atoms with Crippen molar-refractivity contribution >= 4 is 27.4 Å². The molecule has 0 amide bonds. The lowest BCUT2D eigenvalue weighted by Gasteiger charge is -2.32. The topological polar surface area (TPSA) is 27.1 Å². The minimum Gasteiger partial charge on any atom is -0.453 e. The molecule has 0 spiro atoms. The van der Waals surface area contributed by atoms with Gasteiger partial charge in [-0.2, -0.15) is 0 Å². The second-order valence-corrected chi connectivity index (χ2v) is 9.70. The number of para-hydroxylation sites is 1. The highest BCUT2D eigenvalue weighted by atomic mass is 16.5. The summed E-state index contributed by atoms with van der Waals surface area (Å²) in [7, 11) is 0. The molecule has 0 fully saturated rings. The summed E-state index contributed by atoms with van der Waals surface area (Å²) in [5.74, 6) is 2.70. The highest BCUT2D eigenvalue weighted by molar-refractivity contribution is 6.06. The van der Waals surface area contributed by atoms with Crippen molar-refractivity contribution in [2.45, 2.75) is 12.8 Å². The molecule has 170 valence electrons. The molecule has 0 N–H and O–H groups in total. The Morgan fingerprint density at radius 3 is 2.61 bits per heavy atom. The van der Waals surface area contributed by atoms with Crippen molar-refractivity contribution in [3.8, 4) is 28.3 Å². The molecule has 1 aliphatic heterocycles. The quantitative estimate of drug-likeness (QED) is 0.245. The number of aryl methyl sites for hydroxylation is 1. The second kappa shape index (κ2) is 6.96. The fourth-order valence-corrected chi connectivity index (χ4v) is 6.21. The first-order valence-corrected chi connectivity index (χ1v) is 12.3. The molecule has 36 heavy (non-hydrogen) atoms. The fraction of sp³-hybridized carbons (Fsp3) is 0.0606. The van der Waals surface area contributed by atoms with Crippen LogP contribution in [0.25, 0.3) is 44.2 Å². The van der Waals surface area contributed by atoms with E-state index in [4.69, 9.17) is 9.72 Å². The third-order valence-corrected chi connectivity index (χ3v) is 7.75. The predicted octanol–water partition coefficient (Wildman–Crippen LogP) is 8.42. The molecule has 1 aliphatic carbocycles. The lowest BCUT2D eigenvalue weighted by atomic mass is 9.72. The van der Waals surface area contributed by atoms with E-state index in [1.54, 1.807) is 0 Å². The standard InChI is InChI=1S/C33H22N2O/c1-19-23-16-14-21-8-3-4-9-24(21)32(23)26-11-6-5-10-25(26)31(19)22-15-17-28-30(18-22)36-29-13-7-12-27-33(29)35(28)20(2)34-27/h3-18,31H,1H2,2H3. The van der Waals surface area contributed by atoms with Crippen molar-refractivity contribution in [2.75, 3.05) is 0 Å². The summed E-state index contributed by atoms with van der Waals surface area (Å²) >= 11 is 0. The monoisotopic (exact) mass is 462 g/mol. The van der Waals surface area contributed by atoms with Crippen LogP contribution < -0.4 is 4.74 Å². The van der Waals surface area contributed by atoms with Gasteiger partial charge in [-0.25, -0.2) is 4.98 Å². The van der Waals surface area contributed by atoms with Crippen molar-refractivity contribution in [2.24, 2.45) is 0 Å². The molecule has 1 aromatic heterocycles. The Hall–Kier alpha value is -4.63. The molecular weight excluding hydrogens is 440 g/mol. The van der Waals surface area contributed by atoms with Gasteiger partial charge in [0.05, 0.1) is 11.2 Å². The van der Waals surface area contributed by atoms with Gasteiger partial charge in [0.2, 0.25) is 0 Å². The SMILES string of the molecule is C=C1c2ccc3ccccc3c2-c2ccccc2C1c1ccc2c(c1)Oc1cccc3nc(C)n-2c13. The fourth-order valence-electron chi connectivity index (χ4n) is 6.21. The number of hydrogen-bond acceptors (Lipinski definition) is 2. The molecule has 1 unspecified atom stereocenters. The minimum atomic E-state index is 0.0461. The van der Waals surface area contributed by atoms with Crippen molar-refractivity contribution < 1.29 is 4.74 Å². The Kier molecular flexibility index (Phi) is 3.80. The number of imidazole rings is 1. The molecule has 0 bridgehead atoms. The molecule has 5 aromatic carbocycles. The second-order valence-electron chi connectivity index (χ2n) is 9.70. The van der Waals surface area contributed by atoms with Gasteiger partial charge >= 0.3 is 0 Å². The maximum absolute atomic E-state index is 6.45. The maximum atomic E-state index is 6.45. The van der Waals surface area contributed by atoms with E-state index in [0.29, 0.717) is 0 Å². The Balaban J connectivity index is 1.34. The zero-order valence-corrected chi connectivity index (χ0v) is 19.8. The molecule has 3 nitrogen and oxygen atoms in total. The van der Waals surface area contributed by atoms with Gasteiger partial charge in [0.1, 0.15) is 11.3 Å². The van der Waals surface area contributed by atoms with E-state index in [1.807, 2.05) is 25.1 Å². The van der Waals surface area contributed by atoms with Crippen LogP contribution in [0.15, 0.2) is 104 Å². The van der Waals surface area contributed by atoms with E-state index < -0.39 is 0 Å². The normalized spacial score (nSPS) is 15.4. The molecule has 3 heteroatoms. The van der Waals surface area contributed by atoms with Crippen LogP contribution >= 0.6 is 0 Å². The van der Waals surface area contributed by atoms with Crippen molar-refractivity contribution in [3.63, 3.8) is 0 Å². The summed E-state index contributed by atoms with van der Waals surface area (Å²) < 4.78 is 8.66. The van der Waals surface area contributed by atoms with Crippen LogP contribution in [0.5, 0.6) is 11.5 Å². The molecule has 2 aliphatic rings. The number of ether oxygens (including phenoxy) is 1. The molecule has 0 saturated heterocycles. The number of allylic oxidation sites excluding steroid dienone is 1. The van der Waals surface area contributed by atoms with Gasteiger partial charge in [-0.15, -0.1) is 0 Å². The lowest BCUT2D eigenvalue weighted by molar-refractivity contribution is 0.474. The van der Waals surface area contributed by atoms with Crippen LogP contribution in [0.4, 0.5) is 0 Å². The van der Waals surface area contributed by atoms with Crippen molar-refractivity contribution in [1.82, 2.24) is 9.55 Å². The average Bonchev–Trinajstić information content (AvgIpc) is 3.26. The minimum absolute atomic E-state index is 0.0461. The van der Waals surface area contributed by atoms with E-state index in [-0.39, 0.29) is 5.92 Å². The van der Waals surface area contributed by atoms with Gasteiger partial charge < -0.3 is 4.74 Å². The first-order chi connectivity index (χ1) is 17.7. The van der Waals surface area contributed by atoms with Crippen LogP contribution in [-0.4, -0.2) is 9.55 Å². The number of benzene rings is 5. The number of fused-ring (bicyclic) bond motifs is 7. The van der Waals surface area contributed by atoms with E-state index in [0.717, 1.165) is 39.6 Å². The molecule has 0 radical (unpaired) electrons. The van der Waals surface area contributed by atoms with Gasteiger partial charge in [0.15, 0.2) is 11.5 Å². The first kappa shape index (κ1) is 19.7. The van der Waals surface area contributed by atoms with Crippen LogP contribution in [-0.2, 0) is 0 Å². The van der Waals surface area contributed by atoms with E-state index in [9.17, 15) is 0 Å². The molecule has 2 heterocycles. The predicted molar refractivity (Wildman–Crippen MR) is 146 cm³/mol. The van der Waals surface area contributed by atoms with Gasteiger partial charge in [-0.1, -0.05) is 79.4 Å². The Bertz CT molecular complexity index is 1910. The van der Waals surface area contributed by atoms with Crippen molar-refractivity contribution in [1.29, 1.82) is 0 Å². The van der Waals surface area contributed by atoms with Gasteiger partial charge in [-0.3, -0.25) is 4.57 Å². The summed E-state index contributed by atoms with van der Waals surface area (Å²) in [5.41, 5.74) is 10.4. The molecule has 8 rings (SSSR count). The van der Waals surface area contributed by atoms with Gasteiger partial charge in [0, 0.05) is 5.92 Å². The average molecular weight is 463 g/mol. The number of hydrogen-bond donors (Lipinski definition) is 0. The Morgan fingerprint density at radius 1 is 0.806 bits per heavy atom. The van der Waals surface area contributed by atoms with Gasteiger partial charge in [-0.05, 0) is 75.4 Å². The zero-order chi connectivity index (χ0) is 24.0. The summed E-state index contributed by atoms with van der Waals surface area (Å²) in [6.07, 6.45) is 0. The van der Waals surface area contributed by atoms with Crippen LogP contribution in [0.2, 0.25) is 0 Å². The molecule has 6 aromatic rings. The highest BCUT2D eigenvalue weighted by Gasteiger charge is 2.31. The lowest BCUT2D eigenvalue weighted by Crippen LogP contribution is -2.13. The highest BCUT2D eigenvalue weighted by Crippen LogP contribution is 2.52. The first-order valence-electron chi connectivity index (χ1n) is 12.3. The molecular formula is C33H22N2O. The van der Waals surface area contributed by atoms with Crippen LogP contribution in [0.1, 0.15) is 28.4 Å². The van der Waals surface area contributed by atoms with Crippen molar-refractivity contribution in [3.05, 3.63) is 126 Å². The zero-order valence-electron chi connectivity index (χ0n) is 19.8. The number of nitrogens with zero attached hydrogens (tertiary/aromatic N) is 2. The van der Waals surface area contributed by atoms with E-state index >= 15 is 0 Å². The van der Waals surface area contributed by atoms with E-state index in [2.05, 4.69) is 90.0 Å². The molecule has 1 atom stereocenters. The maximum Gasteiger partial charge on any atom is 0.153 e. The number of aromatic nitrogens is 2. The van der Waals surface area contributed by atoms with Crippen LogP contribution in [0.3, 0.4) is 0 Å². The Morgan fingerprint density at radius 2 is 1.67 bits per heavy atom. The third kappa shape index (κ3) is 2.49. The summed E-state index contributed by atoms with van der Waals surface area (Å²) in [4.78, 5) is 4.76. The third-order valence-electron chi connectivity index (χ3n) is 7.75. The number of rotatable bonds is 1. The van der Waals surface area contributed by atoms with Gasteiger partial charge in [0.25, 0.3) is 0 Å². The van der Waals surface area contributed by atoms with Crippen LogP contribution in [0, 0.1) is 6.92 Å². The smallest absolute Gasteiger partial charge is 0.153 e. The largest absolute Gasteiger partial charge is 0.453 e. The summed E-state index contributed by atoms with van der Waals surface area (Å²) in [6, 6.07) is 34.5.